The number of aryl methyl sites for hydroxylation is 1. The van der Waals surface area contributed by atoms with Gasteiger partial charge >= 0.3 is 6.09 Å². The second-order valence-corrected chi connectivity index (χ2v) is 6.29. The summed E-state index contributed by atoms with van der Waals surface area (Å²) in [4.78, 5) is 27.9. The van der Waals surface area contributed by atoms with E-state index in [2.05, 4.69) is 22.1 Å². The zero-order valence-corrected chi connectivity index (χ0v) is 14.7. The fourth-order valence-corrected chi connectivity index (χ4v) is 1.92. The summed E-state index contributed by atoms with van der Waals surface area (Å²) in [7, 11) is 0. The molecule has 2 rings (SSSR count). The van der Waals surface area contributed by atoms with Crippen LogP contribution >= 0.6 is 0 Å². The Morgan fingerprint density at radius 2 is 1.92 bits per heavy atom. The molecule has 0 saturated carbocycles. The predicted molar refractivity (Wildman–Crippen MR) is 93.0 cm³/mol. The standard InChI is InChI=1S/C19H20N2O4/c1-13-16(24-17(21-13)14-9-6-5-7-10-14)15(22)11-8-12-20-18(23)25-19(2,3)4/h5-7,9-10H,12H2,1-4H3,(H,20,23). The van der Waals surface area contributed by atoms with Crippen molar-refractivity contribution in [2.75, 3.05) is 6.54 Å². The second kappa shape index (κ2) is 7.67. The molecule has 0 aliphatic carbocycles. The van der Waals surface area contributed by atoms with Gasteiger partial charge in [-0.3, -0.25) is 4.79 Å². The van der Waals surface area contributed by atoms with Gasteiger partial charge in [0, 0.05) is 5.56 Å². The minimum Gasteiger partial charge on any atom is -0.444 e. The maximum atomic E-state index is 12.1. The van der Waals surface area contributed by atoms with Gasteiger partial charge in [0.05, 0.1) is 12.2 Å². The lowest BCUT2D eigenvalue weighted by Crippen LogP contribution is -2.32. The number of ether oxygens (including phenoxy) is 1. The number of nitrogens with one attached hydrogen (secondary N) is 1. The second-order valence-electron chi connectivity index (χ2n) is 6.29. The average Bonchev–Trinajstić information content (AvgIpc) is 2.92. The molecule has 0 aliphatic rings. The molecule has 0 fully saturated rings. The van der Waals surface area contributed by atoms with Crippen LogP contribution in [0.5, 0.6) is 0 Å². The molecule has 6 heteroatoms. The Kier molecular flexibility index (Phi) is 5.60. The summed E-state index contributed by atoms with van der Waals surface area (Å²) in [5.74, 6) is 4.99. The van der Waals surface area contributed by atoms with E-state index in [1.54, 1.807) is 27.7 Å². The lowest BCUT2D eigenvalue weighted by Gasteiger charge is -2.18. The molecular weight excluding hydrogens is 320 g/mol. The average molecular weight is 340 g/mol. The smallest absolute Gasteiger partial charge is 0.408 e. The van der Waals surface area contributed by atoms with Crippen LogP contribution < -0.4 is 5.32 Å². The minimum atomic E-state index is -0.587. The Hall–Kier alpha value is -3.07. The molecule has 25 heavy (non-hydrogen) atoms. The molecule has 2 aromatic rings. The van der Waals surface area contributed by atoms with Crippen molar-refractivity contribution in [3.63, 3.8) is 0 Å². The van der Waals surface area contributed by atoms with Crippen LogP contribution in [0.1, 0.15) is 37.0 Å². The number of amides is 1. The quantitative estimate of drug-likeness (QED) is 0.526. The minimum absolute atomic E-state index is 0.000615. The van der Waals surface area contributed by atoms with Crippen molar-refractivity contribution >= 4 is 11.9 Å². The molecule has 1 amide bonds. The predicted octanol–water partition coefficient (Wildman–Crippen LogP) is 3.36. The maximum Gasteiger partial charge on any atom is 0.408 e. The third-order valence-electron chi connectivity index (χ3n) is 2.95. The first-order chi connectivity index (χ1) is 11.8. The van der Waals surface area contributed by atoms with E-state index in [1.165, 1.54) is 0 Å². The van der Waals surface area contributed by atoms with Gasteiger partial charge in [-0.2, -0.15) is 0 Å². The van der Waals surface area contributed by atoms with Gasteiger partial charge < -0.3 is 14.5 Å². The van der Waals surface area contributed by atoms with Crippen molar-refractivity contribution in [3.05, 3.63) is 41.8 Å². The topological polar surface area (TPSA) is 81.4 Å². The largest absolute Gasteiger partial charge is 0.444 e. The number of Topliss-reactive ketones (excluding diaryl/α,β-unsaturated/α-hetero) is 1. The van der Waals surface area contributed by atoms with E-state index in [0.29, 0.717) is 11.6 Å². The van der Waals surface area contributed by atoms with Crippen molar-refractivity contribution < 1.29 is 18.7 Å². The van der Waals surface area contributed by atoms with Crippen LogP contribution in [0.15, 0.2) is 34.7 Å². The van der Waals surface area contributed by atoms with Gasteiger partial charge in [0.1, 0.15) is 5.60 Å². The van der Waals surface area contributed by atoms with Crippen molar-refractivity contribution in [1.82, 2.24) is 10.3 Å². The highest BCUT2D eigenvalue weighted by atomic mass is 16.6. The molecular formula is C19H20N2O4. The van der Waals surface area contributed by atoms with E-state index in [0.717, 1.165) is 5.56 Å². The van der Waals surface area contributed by atoms with E-state index in [-0.39, 0.29) is 12.3 Å². The number of carbonyl (C=O) groups is 2. The number of rotatable bonds is 3. The first-order valence-electron chi connectivity index (χ1n) is 7.79. The highest BCUT2D eigenvalue weighted by Gasteiger charge is 2.17. The van der Waals surface area contributed by atoms with Gasteiger partial charge in [0.2, 0.25) is 11.7 Å². The Morgan fingerprint density at radius 3 is 2.56 bits per heavy atom. The number of benzene rings is 1. The Morgan fingerprint density at radius 1 is 1.24 bits per heavy atom. The number of alkyl carbamates (subject to hydrolysis) is 1. The van der Waals surface area contributed by atoms with Crippen LogP contribution in [0.4, 0.5) is 4.79 Å². The third kappa shape index (κ3) is 5.50. The number of nitrogens with zero attached hydrogens (tertiary/aromatic N) is 1. The molecule has 0 unspecified atom stereocenters. The lowest BCUT2D eigenvalue weighted by atomic mass is 10.2. The lowest BCUT2D eigenvalue weighted by molar-refractivity contribution is 0.0535. The summed E-state index contributed by atoms with van der Waals surface area (Å²) in [5.41, 5.74) is 0.667. The SMILES string of the molecule is Cc1nc(-c2ccccc2)oc1C(=O)C#CCNC(=O)OC(C)(C)C. The monoisotopic (exact) mass is 340 g/mol. The molecule has 1 N–H and O–H groups in total. The highest BCUT2D eigenvalue weighted by Crippen LogP contribution is 2.21. The molecule has 1 aromatic carbocycles. The van der Waals surface area contributed by atoms with E-state index in [1.807, 2.05) is 30.3 Å². The number of ketones is 1. The molecule has 6 nitrogen and oxygen atoms in total. The Labute approximate surface area is 146 Å². The van der Waals surface area contributed by atoms with Crippen molar-refractivity contribution in [2.45, 2.75) is 33.3 Å². The van der Waals surface area contributed by atoms with Gasteiger partial charge in [-0.15, -0.1) is 0 Å². The van der Waals surface area contributed by atoms with Crippen molar-refractivity contribution in [3.8, 4) is 23.3 Å². The molecule has 0 bridgehead atoms. The fraction of sp³-hybridized carbons (Fsp3) is 0.316. The van der Waals surface area contributed by atoms with Crippen molar-refractivity contribution in [2.24, 2.45) is 0 Å². The summed E-state index contributed by atoms with van der Waals surface area (Å²) >= 11 is 0. The molecule has 0 aliphatic heterocycles. The van der Waals surface area contributed by atoms with E-state index in [4.69, 9.17) is 9.15 Å². The molecule has 0 saturated heterocycles. The summed E-state index contributed by atoms with van der Waals surface area (Å²) in [5, 5.41) is 2.46. The number of hydrogen-bond acceptors (Lipinski definition) is 5. The fourth-order valence-electron chi connectivity index (χ4n) is 1.92. The van der Waals surface area contributed by atoms with Crippen molar-refractivity contribution in [1.29, 1.82) is 0 Å². The first-order valence-corrected chi connectivity index (χ1v) is 7.79. The maximum absolute atomic E-state index is 12.1. The van der Waals surface area contributed by atoms with Crippen LogP contribution in [-0.4, -0.2) is 29.0 Å². The van der Waals surface area contributed by atoms with E-state index >= 15 is 0 Å². The van der Waals surface area contributed by atoms with E-state index < -0.39 is 17.5 Å². The van der Waals surface area contributed by atoms with Crippen LogP contribution in [0.3, 0.4) is 0 Å². The summed E-state index contributed by atoms with van der Waals surface area (Å²) < 4.78 is 10.6. The number of carbonyl (C=O) groups excluding carboxylic acids is 2. The zero-order valence-electron chi connectivity index (χ0n) is 14.7. The van der Waals surface area contributed by atoms with Crippen LogP contribution in [0.2, 0.25) is 0 Å². The molecule has 1 heterocycles. The van der Waals surface area contributed by atoms with Gasteiger partial charge in [-0.1, -0.05) is 24.1 Å². The zero-order chi connectivity index (χ0) is 18.4. The summed E-state index contributed by atoms with van der Waals surface area (Å²) in [6.07, 6.45) is -0.587. The van der Waals surface area contributed by atoms with Crippen LogP contribution in [0, 0.1) is 18.8 Å². The van der Waals surface area contributed by atoms with Gasteiger partial charge in [0.15, 0.2) is 0 Å². The number of aromatic nitrogens is 1. The van der Waals surface area contributed by atoms with Crippen LogP contribution in [-0.2, 0) is 4.74 Å². The first kappa shape index (κ1) is 18.3. The highest BCUT2D eigenvalue weighted by molar-refractivity contribution is 6.07. The van der Waals surface area contributed by atoms with Gasteiger partial charge in [0.25, 0.3) is 5.78 Å². The Balaban J connectivity index is 1.98. The normalized spacial score (nSPS) is 10.6. The van der Waals surface area contributed by atoms with Gasteiger partial charge in [-0.05, 0) is 45.7 Å². The molecule has 0 radical (unpaired) electrons. The number of hydrogen-bond donors (Lipinski definition) is 1. The molecule has 1 aromatic heterocycles. The van der Waals surface area contributed by atoms with Gasteiger partial charge in [-0.25, -0.2) is 9.78 Å². The Bertz CT molecular complexity index is 821. The van der Waals surface area contributed by atoms with E-state index in [9.17, 15) is 9.59 Å². The molecule has 130 valence electrons. The third-order valence-corrected chi connectivity index (χ3v) is 2.95. The van der Waals surface area contributed by atoms with Crippen LogP contribution in [0.25, 0.3) is 11.5 Å². The molecule has 0 atom stereocenters. The number of oxazole rings is 1. The molecule has 0 spiro atoms. The summed E-state index contributed by atoms with van der Waals surface area (Å²) in [6.45, 7) is 6.97. The summed E-state index contributed by atoms with van der Waals surface area (Å²) in [6, 6.07) is 9.29.